The summed E-state index contributed by atoms with van der Waals surface area (Å²) in [6.07, 6.45) is 2.51. The van der Waals surface area contributed by atoms with Crippen LogP contribution in [0.4, 0.5) is 14.5 Å². The van der Waals surface area contributed by atoms with Crippen molar-refractivity contribution in [3.8, 4) is 11.5 Å². The maximum Gasteiger partial charge on any atom is 0.387 e. The van der Waals surface area contributed by atoms with E-state index in [0.29, 0.717) is 11.3 Å². The van der Waals surface area contributed by atoms with E-state index in [-0.39, 0.29) is 11.5 Å². The zero-order chi connectivity index (χ0) is 20.5. The minimum absolute atomic E-state index is 0.0911. The molecule has 28 heavy (non-hydrogen) atoms. The summed E-state index contributed by atoms with van der Waals surface area (Å²) in [5.74, 6) is -1.23. The molecule has 0 aliphatic carbocycles. The first-order valence-electron chi connectivity index (χ1n) is 8.21. The predicted octanol–water partition coefficient (Wildman–Crippen LogP) is 3.80. The maximum absolute atomic E-state index is 12.3. The Hall–Kier alpha value is -3.42. The van der Waals surface area contributed by atoms with E-state index in [1.807, 2.05) is 13.0 Å². The number of methoxy groups -OCH3 is 1. The summed E-state index contributed by atoms with van der Waals surface area (Å²) in [7, 11) is 1.31. The van der Waals surface area contributed by atoms with Crippen molar-refractivity contribution < 1.29 is 32.6 Å². The van der Waals surface area contributed by atoms with Crippen molar-refractivity contribution in [2.45, 2.75) is 13.5 Å². The second-order valence-corrected chi connectivity index (χ2v) is 5.65. The molecule has 0 radical (unpaired) electrons. The van der Waals surface area contributed by atoms with Gasteiger partial charge in [0.15, 0.2) is 18.1 Å². The molecule has 8 heteroatoms. The van der Waals surface area contributed by atoms with E-state index in [4.69, 9.17) is 9.47 Å². The molecule has 0 aliphatic heterocycles. The van der Waals surface area contributed by atoms with Crippen LogP contribution in [0.2, 0.25) is 0 Å². The molecule has 0 unspecified atom stereocenters. The molecule has 0 fully saturated rings. The number of rotatable bonds is 8. The van der Waals surface area contributed by atoms with E-state index >= 15 is 0 Å². The van der Waals surface area contributed by atoms with Crippen LogP contribution in [0.3, 0.4) is 0 Å². The SMILES string of the molecule is COc1cc(/C=C/C(=O)OCC(=O)Nc2cccc(C)c2)ccc1OC(F)F. The molecule has 0 saturated heterocycles. The van der Waals surface area contributed by atoms with Crippen LogP contribution in [0.25, 0.3) is 6.08 Å². The van der Waals surface area contributed by atoms with Crippen LogP contribution in [0, 0.1) is 6.92 Å². The van der Waals surface area contributed by atoms with Gasteiger partial charge in [0.2, 0.25) is 0 Å². The lowest BCUT2D eigenvalue weighted by molar-refractivity contribution is -0.142. The van der Waals surface area contributed by atoms with Gasteiger partial charge in [-0.05, 0) is 48.4 Å². The summed E-state index contributed by atoms with van der Waals surface area (Å²) in [5, 5.41) is 2.62. The molecule has 0 atom stereocenters. The van der Waals surface area contributed by atoms with Crippen LogP contribution in [0.5, 0.6) is 11.5 Å². The summed E-state index contributed by atoms with van der Waals surface area (Å²) in [6, 6.07) is 11.4. The van der Waals surface area contributed by atoms with Crippen molar-refractivity contribution in [3.05, 3.63) is 59.7 Å². The summed E-state index contributed by atoms with van der Waals surface area (Å²) >= 11 is 0. The fraction of sp³-hybridized carbons (Fsp3) is 0.200. The number of benzene rings is 2. The third-order valence-electron chi connectivity index (χ3n) is 3.46. The quantitative estimate of drug-likeness (QED) is 0.547. The van der Waals surface area contributed by atoms with E-state index < -0.39 is 25.1 Å². The highest BCUT2D eigenvalue weighted by molar-refractivity contribution is 5.94. The van der Waals surface area contributed by atoms with Crippen molar-refractivity contribution in [3.63, 3.8) is 0 Å². The number of carbonyl (C=O) groups is 2. The van der Waals surface area contributed by atoms with Crippen LogP contribution in [0.15, 0.2) is 48.5 Å². The number of hydrogen-bond acceptors (Lipinski definition) is 5. The van der Waals surface area contributed by atoms with Gasteiger partial charge in [0.1, 0.15) is 0 Å². The Kier molecular flexibility index (Phi) is 7.50. The highest BCUT2D eigenvalue weighted by atomic mass is 19.3. The zero-order valence-corrected chi connectivity index (χ0v) is 15.3. The molecule has 1 N–H and O–H groups in total. The van der Waals surface area contributed by atoms with Gasteiger partial charge in [0, 0.05) is 11.8 Å². The van der Waals surface area contributed by atoms with Crippen molar-refractivity contribution in [1.29, 1.82) is 0 Å². The third kappa shape index (κ3) is 6.71. The molecule has 0 saturated carbocycles. The van der Waals surface area contributed by atoms with Crippen LogP contribution < -0.4 is 14.8 Å². The first kappa shape index (κ1) is 20.9. The monoisotopic (exact) mass is 391 g/mol. The minimum atomic E-state index is -2.98. The predicted molar refractivity (Wildman–Crippen MR) is 99.4 cm³/mol. The van der Waals surface area contributed by atoms with Gasteiger partial charge in [-0.3, -0.25) is 4.79 Å². The van der Waals surface area contributed by atoms with Gasteiger partial charge >= 0.3 is 12.6 Å². The summed E-state index contributed by atoms with van der Waals surface area (Å²) in [4.78, 5) is 23.6. The summed E-state index contributed by atoms with van der Waals surface area (Å²) in [6.45, 7) is -1.53. The Labute approximate surface area is 160 Å². The van der Waals surface area contributed by atoms with Crippen LogP contribution in [-0.4, -0.2) is 32.2 Å². The molecule has 1 amide bonds. The fourth-order valence-corrected chi connectivity index (χ4v) is 2.25. The molecular weight excluding hydrogens is 372 g/mol. The molecule has 0 aliphatic rings. The van der Waals surface area contributed by atoms with E-state index in [1.54, 1.807) is 18.2 Å². The molecule has 2 aromatic rings. The average Bonchev–Trinajstić information content (AvgIpc) is 2.65. The standard InChI is InChI=1S/C20H19F2NO5/c1-13-4-3-5-15(10-13)23-18(24)12-27-19(25)9-7-14-6-8-16(28-20(21)22)17(11-14)26-2/h3-11,20H,12H2,1-2H3,(H,23,24)/b9-7+. The lowest BCUT2D eigenvalue weighted by Gasteiger charge is -2.10. The Morgan fingerprint density at radius 3 is 2.61 bits per heavy atom. The molecule has 148 valence electrons. The number of aryl methyl sites for hydroxylation is 1. The number of amides is 1. The number of ether oxygens (including phenoxy) is 3. The molecule has 0 heterocycles. The normalized spacial score (nSPS) is 10.8. The number of halogens is 2. The van der Waals surface area contributed by atoms with Gasteiger partial charge in [-0.15, -0.1) is 0 Å². The molecular formula is C20H19F2NO5. The Morgan fingerprint density at radius 2 is 1.93 bits per heavy atom. The Bertz CT molecular complexity index is 867. The van der Waals surface area contributed by atoms with Crippen LogP contribution in [0.1, 0.15) is 11.1 Å². The molecule has 0 spiro atoms. The summed E-state index contributed by atoms with van der Waals surface area (Å²) < 4.78 is 38.8. The van der Waals surface area contributed by atoms with Gasteiger partial charge in [-0.1, -0.05) is 18.2 Å². The van der Waals surface area contributed by atoms with Crippen molar-refractivity contribution >= 4 is 23.6 Å². The highest BCUT2D eigenvalue weighted by Crippen LogP contribution is 2.29. The maximum atomic E-state index is 12.3. The van der Waals surface area contributed by atoms with Crippen LogP contribution >= 0.6 is 0 Å². The minimum Gasteiger partial charge on any atom is -0.493 e. The van der Waals surface area contributed by atoms with Gasteiger partial charge in [-0.2, -0.15) is 8.78 Å². The van der Waals surface area contributed by atoms with E-state index in [0.717, 1.165) is 11.6 Å². The molecule has 2 aromatic carbocycles. The Balaban J connectivity index is 1.88. The van der Waals surface area contributed by atoms with E-state index in [2.05, 4.69) is 10.1 Å². The van der Waals surface area contributed by atoms with Gasteiger partial charge in [0.25, 0.3) is 5.91 Å². The molecule has 0 aromatic heterocycles. The van der Waals surface area contributed by atoms with Gasteiger partial charge in [0.05, 0.1) is 7.11 Å². The van der Waals surface area contributed by atoms with E-state index in [1.165, 1.54) is 31.4 Å². The van der Waals surface area contributed by atoms with Crippen molar-refractivity contribution in [2.24, 2.45) is 0 Å². The van der Waals surface area contributed by atoms with Gasteiger partial charge in [-0.25, -0.2) is 4.79 Å². The average molecular weight is 391 g/mol. The topological polar surface area (TPSA) is 73.9 Å². The number of nitrogens with one attached hydrogen (secondary N) is 1. The second kappa shape index (κ2) is 10.1. The number of alkyl halides is 2. The third-order valence-corrected chi connectivity index (χ3v) is 3.46. The zero-order valence-electron chi connectivity index (χ0n) is 15.3. The number of carbonyl (C=O) groups excluding carboxylic acids is 2. The number of anilines is 1. The second-order valence-electron chi connectivity index (χ2n) is 5.65. The largest absolute Gasteiger partial charge is 0.493 e. The lowest BCUT2D eigenvalue weighted by atomic mass is 10.2. The Morgan fingerprint density at radius 1 is 1.14 bits per heavy atom. The molecule has 2 rings (SSSR count). The van der Waals surface area contributed by atoms with Gasteiger partial charge < -0.3 is 19.5 Å². The fourth-order valence-electron chi connectivity index (χ4n) is 2.25. The smallest absolute Gasteiger partial charge is 0.387 e. The van der Waals surface area contributed by atoms with Crippen LogP contribution in [-0.2, 0) is 14.3 Å². The van der Waals surface area contributed by atoms with E-state index in [9.17, 15) is 18.4 Å². The highest BCUT2D eigenvalue weighted by Gasteiger charge is 2.11. The lowest BCUT2D eigenvalue weighted by Crippen LogP contribution is -2.20. The first-order chi connectivity index (χ1) is 13.4. The number of esters is 1. The first-order valence-corrected chi connectivity index (χ1v) is 8.21. The van der Waals surface area contributed by atoms with Crippen molar-refractivity contribution in [2.75, 3.05) is 19.0 Å². The summed E-state index contributed by atoms with van der Waals surface area (Å²) in [5.41, 5.74) is 2.09. The number of hydrogen-bond donors (Lipinski definition) is 1. The molecule has 0 bridgehead atoms. The molecule has 6 nitrogen and oxygen atoms in total. The van der Waals surface area contributed by atoms with Crippen molar-refractivity contribution in [1.82, 2.24) is 0 Å².